The van der Waals surface area contributed by atoms with Crippen LogP contribution in [-0.4, -0.2) is 34.0 Å². The minimum absolute atomic E-state index is 0.0667. The third kappa shape index (κ3) is 2.78. The summed E-state index contributed by atoms with van der Waals surface area (Å²) in [5.41, 5.74) is 0. The molecule has 78 valence electrons. The Kier molecular flexibility index (Phi) is 4.03. The van der Waals surface area contributed by atoms with Crippen LogP contribution in [0.2, 0.25) is 0 Å². The Labute approximate surface area is 87.2 Å². The van der Waals surface area contributed by atoms with Gasteiger partial charge in [0.15, 0.2) is 0 Å². The highest BCUT2D eigenvalue weighted by Gasteiger charge is 2.18. The first-order valence-electron chi connectivity index (χ1n) is 4.50. The highest BCUT2D eigenvalue weighted by molar-refractivity contribution is 7.09. The number of likely N-dealkylation sites (N-methyl/N-ethyl adjacent to an activating group) is 1. The molecule has 0 aliphatic carbocycles. The van der Waals surface area contributed by atoms with Gasteiger partial charge in [-0.15, -0.1) is 11.3 Å². The average molecular weight is 214 g/mol. The highest BCUT2D eigenvalue weighted by Crippen LogP contribution is 2.21. The largest absolute Gasteiger partial charge is 0.480 e. The van der Waals surface area contributed by atoms with Crippen LogP contribution in [0.5, 0.6) is 0 Å². The van der Waals surface area contributed by atoms with E-state index in [9.17, 15) is 4.79 Å². The maximum atomic E-state index is 10.6. The summed E-state index contributed by atoms with van der Waals surface area (Å²) in [4.78, 5) is 16.6. The van der Waals surface area contributed by atoms with Gasteiger partial charge in [-0.25, -0.2) is 4.98 Å². The number of rotatable bonds is 5. The standard InChI is InChI=1S/C9H14N2O2S/c1-3-11(6-8(12)13)7(2)9-10-4-5-14-9/h4-5,7H,3,6H2,1-2H3,(H,12,13). The monoisotopic (exact) mass is 214 g/mol. The van der Waals surface area contributed by atoms with E-state index >= 15 is 0 Å². The summed E-state index contributed by atoms with van der Waals surface area (Å²) in [5.74, 6) is -0.796. The fourth-order valence-electron chi connectivity index (χ4n) is 1.29. The normalized spacial score (nSPS) is 13.1. The molecule has 4 nitrogen and oxygen atoms in total. The zero-order valence-corrected chi connectivity index (χ0v) is 9.12. The lowest BCUT2D eigenvalue weighted by molar-refractivity contribution is -0.138. The van der Waals surface area contributed by atoms with E-state index < -0.39 is 5.97 Å². The van der Waals surface area contributed by atoms with Crippen LogP contribution in [0, 0.1) is 0 Å². The second-order valence-electron chi connectivity index (χ2n) is 3.00. The quantitative estimate of drug-likeness (QED) is 0.809. The fraction of sp³-hybridized carbons (Fsp3) is 0.556. The van der Waals surface area contributed by atoms with Crippen molar-refractivity contribution in [2.24, 2.45) is 0 Å². The number of nitrogens with zero attached hydrogens (tertiary/aromatic N) is 2. The molecule has 1 aromatic rings. The van der Waals surface area contributed by atoms with Gasteiger partial charge in [-0.2, -0.15) is 0 Å². The molecular formula is C9H14N2O2S. The number of aliphatic carboxylic acids is 1. The zero-order chi connectivity index (χ0) is 10.6. The summed E-state index contributed by atoms with van der Waals surface area (Å²) in [6.07, 6.45) is 1.74. The molecule has 0 saturated carbocycles. The lowest BCUT2D eigenvalue weighted by atomic mass is 10.3. The van der Waals surface area contributed by atoms with Gasteiger partial charge in [0, 0.05) is 11.6 Å². The van der Waals surface area contributed by atoms with E-state index in [1.54, 1.807) is 17.5 Å². The van der Waals surface area contributed by atoms with E-state index in [-0.39, 0.29) is 12.6 Å². The van der Waals surface area contributed by atoms with E-state index in [0.717, 1.165) is 5.01 Å². The average Bonchev–Trinajstić information content (AvgIpc) is 2.65. The van der Waals surface area contributed by atoms with Crippen molar-refractivity contribution in [3.8, 4) is 0 Å². The molecule has 5 heteroatoms. The molecule has 0 amide bonds. The van der Waals surface area contributed by atoms with Crippen molar-refractivity contribution in [2.45, 2.75) is 19.9 Å². The molecular weight excluding hydrogens is 200 g/mol. The van der Waals surface area contributed by atoms with Crippen LogP contribution < -0.4 is 0 Å². The molecule has 0 radical (unpaired) electrons. The molecule has 1 atom stereocenters. The molecule has 1 unspecified atom stereocenters. The minimum Gasteiger partial charge on any atom is -0.480 e. The van der Waals surface area contributed by atoms with Gasteiger partial charge in [-0.3, -0.25) is 9.69 Å². The Balaban J connectivity index is 2.65. The van der Waals surface area contributed by atoms with Crippen molar-refractivity contribution in [2.75, 3.05) is 13.1 Å². The van der Waals surface area contributed by atoms with Crippen molar-refractivity contribution >= 4 is 17.3 Å². The molecule has 0 aliphatic heterocycles. The Morgan fingerprint density at radius 3 is 2.93 bits per heavy atom. The van der Waals surface area contributed by atoms with Gasteiger partial charge in [0.25, 0.3) is 0 Å². The molecule has 0 bridgehead atoms. The highest BCUT2D eigenvalue weighted by atomic mass is 32.1. The molecule has 1 heterocycles. The van der Waals surface area contributed by atoms with Crippen LogP contribution in [0.25, 0.3) is 0 Å². The molecule has 1 N–H and O–H groups in total. The van der Waals surface area contributed by atoms with Crippen molar-refractivity contribution in [3.05, 3.63) is 16.6 Å². The molecule has 0 fully saturated rings. The predicted octanol–water partition coefficient (Wildman–Crippen LogP) is 1.61. The number of carboxylic acid groups (broad SMARTS) is 1. The number of thiazole rings is 1. The lowest BCUT2D eigenvalue weighted by Gasteiger charge is -2.23. The number of aromatic nitrogens is 1. The van der Waals surface area contributed by atoms with Gasteiger partial charge in [0.05, 0.1) is 12.6 Å². The number of carboxylic acids is 1. The van der Waals surface area contributed by atoms with Gasteiger partial charge in [0.1, 0.15) is 5.01 Å². The molecule has 14 heavy (non-hydrogen) atoms. The fourth-order valence-corrected chi connectivity index (χ4v) is 2.02. The number of hydrogen-bond donors (Lipinski definition) is 1. The maximum Gasteiger partial charge on any atom is 0.317 e. The molecule has 0 saturated heterocycles. The van der Waals surface area contributed by atoms with Crippen LogP contribution in [0.15, 0.2) is 11.6 Å². The van der Waals surface area contributed by atoms with E-state index in [1.807, 2.05) is 24.1 Å². The number of hydrogen-bond acceptors (Lipinski definition) is 4. The second kappa shape index (κ2) is 5.07. The van der Waals surface area contributed by atoms with Crippen molar-refractivity contribution < 1.29 is 9.90 Å². The second-order valence-corrected chi connectivity index (χ2v) is 3.93. The van der Waals surface area contributed by atoms with Crippen molar-refractivity contribution in [1.29, 1.82) is 0 Å². The Hall–Kier alpha value is -0.940. The van der Waals surface area contributed by atoms with E-state index in [0.29, 0.717) is 6.54 Å². The summed E-state index contributed by atoms with van der Waals surface area (Å²) in [7, 11) is 0. The van der Waals surface area contributed by atoms with Crippen LogP contribution in [-0.2, 0) is 4.79 Å². The molecule has 0 aliphatic rings. The van der Waals surface area contributed by atoms with Gasteiger partial charge in [0.2, 0.25) is 0 Å². The SMILES string of the molecule is CCN(CC(=O)O)C(C)c1nccs1. The van der Waals surface area contributed by atoms with E-state index in [4.69, 9.17) is 5.11 Å². The lowest BCUT2D eigenvalue weighted by Crippen LogP contribution is -2.32. The Bertz CT molecular complexity index is 287. The first kappa shape index (κ1) is 11.1. The molecule has 0 aromatic carbocycles. The van der Waals surface area contributed by atoms with Crippen LogP contribution in [0.4, 0.5) is 0 Å². The summed E-state index contributed by atoms with van der Waals surface area (Å²) in [6, 6.07) is 0.0797. The number of carbonyl (C=O) groups is 1. The molecule has 1 rings (SSSR count). The third-order valence-corrected chi connectivity index (χ3v) is 3.05. The first-order chi connectivity index (χ1) is 6.65. The van der Waals surface area contributed by atoms with E-state index in [1.165, 1.54) is 0 Å². The summed E-state index contributed by atoms with van der Waals surface area (Å²) in [6.45, 7) is 4.71. The maximum absolute atomic E-state index is 10.6. The van der Waals surface area contributed by atoms with Gasteiger partial charge in [-0.05, 0) is 13.5 Å². The van der Waals surface area contributed by atoms with Gasteiger partial charge < -0.3 is 5.11 Å². The smallest absolute Gasteiger partial charge is 0.317 e. The van der Waals surface area contributed by atoms with Crippen molar-refractivity contribution in [1.82, 2.24) is 9.88 Å². The van der Waals surface area contributed by atoms with Crippen LogP contribution in [0.3, 0.4) is 0 Å². The molecule has 0 spiro atoms. The molecule has 1 aromatic heterocycles. The summed E-state index contributed by atoms with van der Waals surface area (Å²) < 4.78 is 0. The van der Waals surface area contributed by atoms with Crippen molar-refractivity contribution in [3.63, 3.8) is 0 Å². The third-order valence-electron chi connectivity index (χ3n) is 2.10. The van der Waals surface area contributed by atoms with Crippen LogP contribution >= 0.6 is 11.3 Å². The van der Waals surface area contributed by atoms with E-state index in [2.05, 4.69) is 4.98 Å². The van der Waals surface area contributed by atoms with Crippen LogP contribution in [0.1, 0.15) is 24.9 Å². The first-order valence-corrected chi connectivity index (χ1v) is 5.38. The minimum atomic E-state index is -0.796. The topological polar surface area (TPSA) is 53.4 Å². The zero-order valence-electron chi connectivity index (χ0n) is 8.30. The Morgan fingerprint density at radius 2 is 2.50 bits per heavy atom. The summed E-state index contributed by atoms with van der Waals surface area (Å²) >= 11 is 1.56. The summed E-state index contributed by atoms with van der Waals surface area (Å²) in [5, 5.41) is 11.6. The Morgan fingerprint density at radius 1 is 1.79 bits per heavy atom. The predicted molar refractivity (Wildman–Crippen MR) is 55.4 cm³/mol. The van der Waals surface area contributed by atoms with Gasteiger partial charge in [-0.1, -0.05) is 6.92 Å². The van der Waals surface area contributed by atoms with Gasteiger partial charge >= 0.3 is 5.97 Å².